The molecular formula is C8H12N2O2. The fourth-order valence-corrected chi connectivity index (χ4v) is 0.862. The molecule has 0 saturated carbocycles. The monoisotopic (exact) mass is 168 g/mol. The Bertz CT molecular complexity index is 231. The normalized spacial score (nSPS) is 10.0. The average Bonchev–Trinajstić information content (AvgIpc) is 2.49. The summed E-state index contributed by atoms with van der Waals surface area (Å²) in [5.74, 6) is -0.428. The minimum Gasteiger partial charge on any atom is -0.370 e. The number of aromatic nitrogens is 1. The van der Waals surface area contributed by atoms with Gasteiger partial charge in [0.15, 0.2) is 0 Å². The van der Waals surface area contributed by atoms with Crippen molar-refractivity contribution in [2.45, 2.75) is 6.54 Å². The van der Waals surface area contributed by atoms with Gasteiger partial charge in [0, 0.05) is 18.9 Å². The molecule has 0 spiro atoms. The van der Waals surface area contributed by atoms with Crippen molar-refractivity contribution >= 4 is 5.91 Å². The lowest BCUT2D eigenvalue weighted by Gasteiger charge is -2.02. The number of nitrogens with two attached hydrogens (primary N) is 1. The second-order valence-electron chi connectivity index (χ2n) is 2.44. The highest BCUT2D eigenvalue weighted by atomic mass is 16.5. The van der Waals surface area contributed by atoms with Crippen LogP contribution in [0.1, 0.15) is 0 Å². The molecule has 12 heavy (non-hydrogen) atoms. The summed E-state index contributed by atoms with van der Waals surface area (Å²) in [4.78, 5) is 10.3. The summed E-state index contributed by atoms with van der Waals surface area (Å²) in [5, 5.41) is 0. The SMILES string of the molecule is NC(=O)COCCn1cccc1. The van der Waals surface area contributed by atoms with Crippen molar-refractivity contribution in [1.29, 1.82) is 0 Å². The smallest absolute Gasteiger partial charge is 0.243 e. The summed E-state index contributed by atoms with van der Waals surface area (Å²) in [6, 6.07) is 3.88. The van der Waals surface area contributed by atoms with E-state index >= 15 is 0 Å². The lowest BCUT2D eigenvalue weighted by atomic mass is 10.6. The highest BCUT2D eigenvalue weighted by Gasteiger charge is 1.93. The van der Waals surface area contributed by atoms with Crippen molar-refractivity contribution in [3.8, 4) is 0 Å². The molecule has 0 fully saturated rings. The van der Waals surface area contributed by atoms with Crippen molar-refractivity contribution in [1.82, 2.24) is 4.57 Å². The summed E-state index contributed by atoms with van der Waals surface area (Å²) in [6.07, 6.45) is 3.88. The lowest BCUT2D eigenvalue weighted by Crippen LogP contribution is -2.19. The van der Waals surface area contributed by atoms with Crippen LogP contribution in [0.5, 0.6) is 0 Å². The number of ether oxygens (including phenoxy) is 1. The first-order valence-corrected chi connectivity index (χ1v) is 3.76. The Kier molecular flexibility index (Phi) is 3.35. The lowest BCUT2D eigenvalue weighted by molar-refractivity contribution is -0.122. The van der Waals surface area contributed by atoms with E-state index in [9.17, 15) is 4.79 Å². The Morgan fingerprint density at radius 1 is 1.42 bits per heavy atom. The van der Waals surface area contributed by atoms with E-state index in [0.29, 0.717) is 6.61 Å². The molecule has 0 atom stereocenters. The van der Waals surface area contributed by atoms with Crippen LogP contribution in [0.2, 0.25) is 0 Å². The highest BCUT2D eigenvalue weighted by molar-refractivity contribution is 5.74. The molecule has 4 nitrogen and oxygen atoms in total. The second-order valence-corrected chi connectivity index (χ2v) is 2.44. The molecule has 1 rings (SSSR count). The van der Waals surface area contributed by atoms with Crippen LogP contribution in [0.15, 0.2) is 24.5 Å². The summed E-state index contributed by atoms with van der Waals surface area (Å²) in [5.41, 5.74) is 4.88. The van der Waals surface area contributed by atoms with Gasteiger partial charge in [-0.1, -0.05) is 0 Å². The molecule has 1 aromatic heterocycles. The predicted molar refractivity (Wildman–Crippen MR) is 44.4 cm³/mol. The van der Waals surface area contributed by atoms with E-state index in [-0.39, 0.29) is 6.61 Å². The molecule has 0 bridgehead atoms. The van der Waals surface area contributed by atoms with E-state index in [1.54, 1.807) is 0 Å². The maximum atomic E-state index is 10.3. The largest absolute Gasteiger partial charge is 0.370 e. The zero-order valence-electron chi connectivity index (χ0n) is 6.77. The Morgan fingerprint density at radius 2 is 2.08 bits per heavy atom. The van der Waals surface area contributed by atoms with Gasteiger partial charge in [-0.3, -0.25) is 4.79 Å². The summed E-state index contributed by atoms with van der Waals surface area (Å²) < 4.78 is 6.95. The third-order valence-electron chi connectivity index (χ3n) is 1.40. The van der Waals surface area contributed by atoms with Gasteiger partial charge in [0.2, 0.25) is 5.91 Å². The summed E-state index contributed by atoms with van der Waals surface area (Å²) in [6.45, 7) is 1.26. The molecule has 66 valence electrons. The maximum absolute atomic E-state index is 10.3. The van der Waals surface area contributed by atoms with E-state index in [2.05, 4.69) is 0 Å². The number of amides is 1. The third-order valence-corrected chi connectivity index (χ3v) is 1.40. The Morgan fingerprint density at radius 3 is 2.67 bits per heavy atom. The number of carbonyl (C=O) groups excluding carboxylic acids is 1. The molecule has 1 aromatic rings. The minimum atomic E-state index is -0.428. The van der Waals surface area contributed by atoms with Crippen molar-refractivity contribution in [3.05, 3.63) is 24.5 Å². The molecule has 0 radical (unpaired) electrons. The number of carbonyl (C=O) groups is 1. The van der Waals surface area contributed by atoms with E-state index < -0.39 is 5.91 Å². The fraction of sp³-hybridized carbons (Fsp3) is 0.375. The van der Waals surface area contributed by atoms with Crippen LogP contribution in [0.25, 0.3) is 0 Å². The standard InChI is InChI=1S/C8H12N2O2/c9-8(11)7-12-6-5-10-3-1-2-4-10/h1-4H,5-7H2,(H2,9,11). The topological polar surface area (TPSA) is 57.3 Å². The molecule has 0 saturated heterocycles. The molecular weight excluding hydrogens is 156 g/mol. The number of hydrogen-bond donors (Lipinski definition) is 1. The molecule has 4 heteroatoms. The van der Waals surface area contributed by atoms with Gasteiger partial charge in [-0.15, -0.1) is 0 Å². The third kappa shape index (κ3) is 3.21. The van der Waals surface area contributed by atoms with Gasteiger partial charge >= 0.3 is 0 Å². The van der Waals surface area contributed by atoms with E-state index in [4.69, 9.17) is 10.5 Å². The van der Waals surface area contributed by atoms with Crippen LogP contribution >= 0.6 is 0 Å². The first-order chi connectivity index (χ1) is 5.79. The number of rotatable bonds is 5. The first kappa shape index (κ1) is 8.80. The van der Waals surface area contributed by atoms with Crippen molar-refractivity contribution in [2.24, 2.45) is 5.73 Å². The fourth-order valence-electron chi connectivity index (χ4n) is 0.862. The number of primary amides is 1. The van der Waals surface area contributed by atoms with Crippen LogP contribution in [0.4, 0.5) is 0 Å². The van der Waals surface area contributed by atoms with Crippen LogP contribution in [0.3, 0.4) is 0 Å². The van der Waals surface area contributed by atoms with Crippen LogP contribution in [-0.2, 0) is 16.1 Å². The molecule has 1 heterocycles. The van der Waals surface area contributed by atoms with Gasteiger partial charge in [-0.2, -0.15) is 0 Å². The van der Waals surface area contributed by atoms with E-state index in [0.717, 1.165) is 6.54 Å². The highest BCUT2D eigenvalue weighted by Crippen LogP contribution is 1.89. The van der Waals surface area contributed by atoms with Gasteiger partial charge in [-0.25, -0.2) is 0 Å². The van der Waals surface area contributed by atoms with E-state index in [1.807, 2.05) is 29.1 Å². The van der Waals surface area contributed by atoms with Crippen molar-refractivity contribution in [2.75, 3.05) is 13.2 Å². The van der Waals surface area contributed by atoms with Gasteiger partial charge in [0.05, 0.1) is 6.61 Å². The number of hydrogen-bond acceptors (Lipinski definition) is 2. The Balaban J connectivity index is 2.07. The van der Waals surface area contributed by atoms with E-state index in [1.165, 1.54) is 0 Å². The van der Waals surface area contributed by atoms with Gasteiger partial charge in [-0.05, 0) is 12.1 Å². The molecule has 0 aromatic carbocycles. The molecule has 0 aliphatic carbocycles. The van der Waals surface area contributed by atoms with Crippen molar-refractivity contribution < 1.29 is 9.53 Å². The molecule has 0 aliphatic heterocycles. The second kappa shape index (κ2) is 4.56. The van der Waals surface area contributed by atoms with Crippen LogP contribution < -0.4 is 5.73 Å². The van der Waals surface area contributed by atoms with Crippen LogP contribution in [0, 0.1) is 0 Å². The first-order valence-electron chi connectivity index (χ1n) is 3.76. The summed E-state index contributed by atoms with van der Waals surface area (Å²) >= 11 is 0. The van der Waals surface area contributed by atoms with Crippen molar-refractivity contribution in [3.63, 3.8) is 0 Å². The predicted octanol–water partition coefficient (Wildman–Crippen LogP) is -0.0100. The zero-order valence-corrected chi connectivity index (χ0v) is 6.77. The average molecular weight is 168 g/mol. The Labute approximate surface area is 70.9 Å². The maximum Gasteiger partial charge on any atom is 0.243 e. The van der Waals surface area contributed by atoms with Crippen LogP contribution in [-0.4, -0.2) is 23.7 Å². The minimum absolute atomic E-state index is 0.00126. The molecule has 0 aliphatic rings. The van der Waals surface area contributed by atoms with Gasteiger partial charge in [0.1, 0.15) is 6.61 Å². The van der Waals surface area contributed by atoms with Gasteiger partial charge in [0.25, 0.3) is 0 Å². The zero-order chi connectivity index (χ0) is 8.81. The number of nitrogens with zero attached hydrogens (tertiary/aromatic N) is 1. The molecule has 2 N–H and O–H groups in total. The molecule has 0 unspecified atom stereocenters. The van der Waals surface area contributed by atoms with Gasteiger partial charge < -0.3 is 15.0 Å². The molecule has 1 amide bonds. The quantitative estimate of drug-likeness (QED) is 0.629. The Hall–Kier alpha value is -1.29. The summed E-state index contributed by atoms with van der Waals surface area (Å²) in [7, 11) is 0.